The summed E-state index contributed by atoms with van der Waals surface area (Å²) >= 11 is 0. The van der Waals surface area contributed by atoms with Crippen molar-refractivity contribution in [3.05, 3.63) is 18.1 Å². The number of hydrogen-bond donors (Lipinski definition) is 1. The highest BCUT2D eigenvalue weighted by Crippen LogP contribution is 2.26. The van der Waals surface area contributed by atoms with Crippen molar-refractivity contribution in [2.24, 2.45) is 5.92 Å². The van der Waals surface area contributed by atoms with E-state index in [-0.39, 0.29) is 0 Å². The fraction of sp³-hybridized carbons (Fsp3) is 0.733. The molecule has 2 rings (SSSR count). The second kappa shape index (κ2) is 7.34. The van der Waals surface area contributed by atoms with E-state index in [0.29, 0.717) is 0 Å². The van der Waals surface area contributed by atoms with Crippen molar-refractivity contribution in [3.8, 4) is 0 Å². The number of aromatic nitrogens is 2. The lowest BCUT2D eigenvalue weighted by Gasteiger charge is -2.21. The Bertz CT molecular complexity index is 345. The Hall–Kier alpha value is -1.12. The maximum Gasteiger partial charge on any atom is 0.129 e. The van der Waals surface area contributed by atoms with Crippen LogP contribution in [-0.4, -0.2) is 16.5 Å². The van der Waals surface area contributed by atoms with Crippen molar-refractivity contribution in [2.45, 2.75) is 58.3 Å². The minimum atomic E-state index is 0.934. The van der Waals surface area contributed by atoms with Crippen molar-refractivity contribution in [3.63, 3.8) is 0 Å². The summed E-state index contributed by atoms with van der Waals surface area (Å²) in [5, 5.41) is 3.44. The van der Waals surface area contributed by atoms with Crippen LogP contribution < -0.4 is 5.32 Å². The van der Waals surface area contributed by atoms with Gasteiger partial charge >= 0.3 is 0 Å². The molecule has 0 atom stereocenters. The Morgan fingerprint density at radius 1 is 1.22 bits per heavy atom. The Kier molecular flexibility index (Phi) is 5.43. The summed E-state index contributed by atoms with van der Waals surface area (Å²) in [5.74, 6) is 1.92. The van der Waals surface area contributed by atoms with Crippen molar-refractivity contribution >= 4 is 5.82 Å². The van der Waals surface area contributed by atoms with Gasteiger partial charge in [-0.25, -0.2) is 9.97 Å². The van der Waals surface area contributed by atoms with Gasteiger partial charge in [0.1, 0.15) is 12.1 Å². The number of rotatable bonds is 6. The molecule has 100 valence electrons. The number of anilines is 1. The summed E-state index contributed by atoms with van der Waals surface area (Å²) in [7, 11) is 0. The molecular weight excluding hydrogens is 222 g/mol. The molecule has 0 amide bonds. The molecule has 1 saturated carbocycles. The van der Waals surface area contributed by atoms with Crippen LogP contribution in [0.15, 0.2) is 12.4 Å². The van der Waals surface area contributed by atoms with Crippen molar-refractivity contribution in [2.75, 3.05) is 11.9 Å². The molecule has 3 heteroatoms. The van der Waals surface area contributed by atoms with Crippen molar-refractivity contribution in [1.82, 2.24) is 9.97 Å². The fourth-order valence-electron chi connectivity index (χ4n) is 2.77. The highest BCUT2D eigenvalue weighted by atomic mass is 15.0. The molecule has 1 N–H and O–H groups in total. The van der Waals surface area contributed by atoms with Crippen molar-refractivity contribution in [1.29, 1.82) is 0 Å². The van der Waals surface area contributed by atoms with Crippen LogP contribution >= 0.6 is 0 Å². The van der Waals surface area contributed by atoms with Gasteiger partial charge in [-0.3, -0.25) is 0 Å². The minimum absolute atomic E-state index is 0.934. The zero-order chi connectivity index (χ0) is 12.6. The molecule has 18 heavy (non-hydrogen) atoms. The monoisotopic (exact) mass is 247 g/mol. The van der Waals surface area contributed by atoms with Gasteiger partial charge in [0.05, 0.1) is 0 Å². The van der Waals surface area contributed by atoms with Crippen LogP contribution in [0.25, 0.3) is 0 Å². The van der Waals surface area contributed by atoms with Crippen LogP contribution in [0.3, 0.4) is 0 Å². The SMILES string of the molecule is CCCc1cc(NCCC2CCCCC2)ncn1. The third-order valence-corrected chi connectivity index (χ3v) is 3.81. The molecule has 1 aliphatic rings. The molecular formula is C15H25N3. The molecule has 1 aromatic heterocycles. The average molecular weight is 247 g/mol. The lowest BCUT2D eigenvalue weighted by Crippen LogP contribution is -2.12. The van der Waals surface area contributed by atoms with Gasteiger partial charge in [-0.2, -0.15) is 0 Å². The molecule has 0 saturated heterocycles. The summed E-state index contributed by atoms with van der Waals surface area (Å²) in [4.78, 5) is 8.56. The lowest BCUT2D eigenvalue weighted by molar-refractivity contribution is 0.345. The average Bonchev–Trinajstić information content (AvgIpc) is 2.41. The van der Waals surface area contributed by atoms with Crippen LogP contribution in [0.4, 0.5) is 5.82 Å². The summed E-state index contributed by atoms with van der Waals surface area (Å²) in [5.41, 5.74) is 1.15. The molecule has 1 heterocycles. The summed E-state index contributed by atoms with van der Waals surface area (Å²) in [6.07, 6.45) is 12.3. The van der Waals surface area contributed by atoms with Gasteiger partial charge in [0.15, 0.2) is 0 Å². The fourth-order valence-corrected chi connectivity index (χ4v) is 2.77. The molecule has 0 bridgehead atoms. The first kappa shape index (κ1) is 13.3. The molecule has 3 nitrogen and oxygen atoms in total. The third kappa shape index (κ3) is 4.28. The smallest absolute Gasteiger partial charge is 0.129 e. The number of hydrogen-bond acceptors (Lipinski definition) is 3. The predicted octanol–water partition coefficient (Wildman–Crippen LogP) is 3.81. The topological polar surface area (TPSA) is 37.8 Å². The third-order valence-electron chi connectivity index (χ3n) is 3.81. The highest BCUT2D eigenvalue weighted by Gasteiger charge is 2.12. The Labute approximate surface area is 110 Å². The largest absolute Gasteiger partial charge is 0.370 e. The van der Waals surface area contributed by atoms with Crippen LogP contribution in [0.5, 0.6) is 0 Å². The molecule has 0 aliphatic heterocycles. The molecule has 0 unspecified atom stereocenters. The van der Waals surface area contributed by atoms with Crippen molar-refractivity contribution < 1.29 is 0 Å². The van der Waals surface area contributed by atoms with Gasteiger partial charge in [-0.1, -0.05) is 45.4 Å². The van der Waals surface area contributed by atoms with E-state index in [1.807, 2.05) is 0 Å². The number of nitrogens with one attached hydrogen (secondary N) is 1. The van der Waals surface area contributed by atoms with Crippen LogP contribution in [-0.2, 0) is 6.42 Å². The van der Waals surface area contributed by atoms with E-state index in [2.05, 4.69) is 28.3 Å². The van der Waals surface area contributed by atoms with Crippen LogP contribution in [0.1, 0.15) is 57.6 Å². The Balaban J connectivity index is 1.73. The molecule has 0 radical (unpaired) electrons. The summed E-state index contributed by atoms with van der Waals surface area (Å²) < 4.78 is 0. The molecule has 1 fully saturated rings. The maximum atomic E-state index is 4.28. The van der Waals surface area contributed by atoms with E-state index in [0.717, 1.165) is 36.8 Å². The summed E-state index contributed by atoms with van der Waals surface area (Å²) in [6, 6.07) is 2.09. The van der Waals surface area contributed by atoms with Gasteiger partial charge in [-0.15, -0.1) is 0 Å². The minimum Gasteiger partial charge on any atom is -0.370 e. The van der Waals surface area contributed by atoms with E-state index < -0.39 is 0 Å². The van der Waals surface area contributed by atoms with Gasteiger partial charge in [-0.05, 0) is 18.8 Å². The first-order valence-electron chi connectivity index (χ1n) is 7.43. The standard InChI is InChI=1S/C15H25N3/c1-2-6-14-11-15(18-12-17-14)16-10-9-13-7-4-3-5-8-13/h11-13H,2-10H2,1H3,(H,16,17,18). The van der Waals surface area contributed by atoms with Gasteiger partial charge in [0.25, 0.3) is 0 Å². The quantitative estimate of drug-likeness (QED) is 0.830. The Morgan fingerprint density at radius 2 is 2.06 bits per heavy atom. The molecule has 1 aromatic rings. The van der Waals surface area contributed by atoms with E-state index >= 15 is 0 Å². The maximum absolute atomic E-state index is 4.28. The lowest BCUT2D eigenvalue weighted by atomic mass is 9.87. The van der Waals surface area contributed by atoms with E-state index in [4.69, 9.17) is 0 Å². The van der Waals surface area contributed by atoms with Crippen LogP contribution in [0, 0.1) is 5.92 Å². The van der Waals surface area contributed by atoms with Crippen LogP contribution in [0.2, 0.25) is 0 Å². The predicted molar refractivity (Wildman–Crippen MR) is 75.7 cm³/mol. The van der Waals surface area contributed by atoms with E-state index in [1.165, 1.54) is 38.5 Å². The van der Waals surface area contributed by atoms with Gasteiger partial charge in [0.2, 0.25) is 0 Å². The zero-order valence-electron chi connectivity index (χ0n) is 11.5. The highest BCUT2D eigenvalue weighted by molar-refractivity contribution is 5.34. The van der Waals surface area contributed by atoms with E-state index in [1.54, 1.807) is 6.33 Å². The number of aryl methyl sites for hydroxylation is 1. The molecule has 1 aliphatic carbocycles. The second-order valence-corrected chi connectivity index (χ2v) is 5.36. The number of nitrogens with zero attached hydrogens (tertiary/aromatic N) is 2. The van der Waals surface area contributed by atoms with Gasteiger partial charge in [0, 0.05) is 18.3 Å². The van der Waals surface area contributed by atoms with Gasteiger partial charge < -0.3 is 5.32 Å². The Morgan fingerprint density at radius 3 is 2.83 bits per heavy atom. The first-order valence-corrected chi connectivity index (χ1v) is 7.43. The zero-order valence-corrected chi connectivity index (χ0v) is 11.5. The second-order valence-electron chi connectivity index (χ2n) is 5.36. The molecule has 0 spiro atoms. The molecule has 0 aromatic carbocycles. The van der Waals surface area contributed by atoms with E-state index in [9.17, 15) is 0 Å². The normalized spacial score (nSPS) is 16.7. The first-order chi connectivity index (χ1) is 8.88. The summed E-state index contributed by atoms with van der Waals surface area (Å²) in [6.45, 7) is 3.23.